The van der Waals surface area contributed by atoms with E-state index in [1.165, 1.54) is 19.1 Å². The van der Waals surface area contributed by atoms with Crippen LogP contribution in [0.2, 0.25) is 0 Å². The summed E-state index contributed by atoms with van der Waals surface area (Å²) in [6.07, 6.45) is 0.137. The van der Waals surface area contributed by atoms with Crippen LogP contribution in [0.25, 0.3) is 0 Å². The monoisotopic (exact) mass is 383 g/mol. The second-order valence-corrected chi connectivity index (χ2v) is 7.28. The van der Waals surface area contributed by atoms with E-state index in [4.69, 9.17) is 0 Å². The van der Waals surface area contributed by atoms with E-state index in [2.05, 4.69) is 17.3 Å². The van der Waals surface area contributed by atoms with Gasteiger partial charge in [-0.05, 0) is 30.3 Å². The van der Waals surface area contributed by atoms with Crippen LogP contribution in [-0.2, 0) is 9.59 Å². The number of halogens is 1. The average Bonchev–Trinajstić information content (AvgIpc) is 2.68. The van der Waals surface area contributed by atoms with Crippen LogP contribution in [0.4, 0.5) is 4.39 Å². The van der Waals surface area contributed by atoms with Crippen LogP contribution >= 0.6 is 0 Å². The van der Waals surface area contributed by atoms with Crippen molar-refractivity contribution in [3.63, 3.8) is 0 Å². The fourth-order valence-corrected chi connectivity index (χ4v) is 3.66. The molecule has 1 N–H and O–H groups in total. The minimum absolute atomic E-state index is 0.0231. The lowest BCUT2D eigenvalue weighted by molar-refractivity contribution is -0.137. The largest absolute Gasteiger partial charge is 0.349 e. The molecule has 2 aromatic carbocycles. The minimum Gasteiger partial charge on any atom is -0.349 e. The Bertz CT molecular complexity index is 810. The van der Waals surface area contributed by atoms with Gasteiger partial charge in [0.2, 0.25) is 11.8 Å². The smallest absolute Gasteiger partial charge is 0.225 e. The van der Waals surface area contributed by atoms with Crippen molar-refractivity contribution in [3.8, 4) is 0 Å². The van der Waals surface area contributed by atoms with Crippen molar-refractivity contribution < 1.29 is 14.0 Å². The Labute approximate surface area is 165 Å². The maximum Gasteiger partial charge on any atom is 0.225 e. The Morgan fingerprint density at radius 2 is 1.79 bits per heavy atom. The lowest BCUT2D eigenvalue weighted by Crippen LogP contribution is -2.50. The maximum atomic E-state index is 13.3. The highest BCUT2D eigenvalue weighted by molar-refractivity contribution is 5.79. The van der Waals surface area contributed by atoms with Crippen LogP contribution in [0.1, 0.15) is 36.6 Å². The normalized spacial score (nSPS) is 18.5. The molecular weight excluding hydrogens is 357 g/mol. The third-order valence-electron chi connectivity index (χ3n) is 5.12. The van der Waals surface area contributed by atoms with Gasteiger partial charge in [0.1, 0.15) is 5.82 Å². The number of benzene rings is 2. The Morgan fingerprint density at radius 1 is 1.11 bits per heavy atom. The summed E-state index contributed by atoms with van der Waals surface area (Å²) in [5.74, 6) is -0.593. The average molecular weight is 383 g/mol. The summed E-state index contributed by atoms with van der Waals surface area (Å²) in [5, 5.41) is 2.83. The zero-order valence-electron chi connectivity index (χ0n) is 16.3. The van der Waals surface area contributed by atoms with E-state index in [0.29, 0.717) is 6.54 Å². The van der Waals surface area contributed by atoms with E-state index in [9.17, 15) is 14.0 Å². The molecule has 6 heteroatoms. The number of hydrogen-bond donors (Lipinski definition) is 1. The van der Waals surface area contributed by atoms with E-state index < -0.39 is 6.04 Å². The molecule has 0 unspecified atom stereocenters. The number of carbonyl (C=O) groups excluding carboxylic acids is 2. The molecule has 2 aromatic rings. The zero-order valence-corrected chi connectivity index (χ0v) is 16.3. The summed E-state index contributed by atoms with van der Waals surface area (Å²) in [7, 11) is 2.05. The summed E-state index contributed by atoms with van der Waals surface area (Å²) in [5.41, 5.74) is 1.82. The fourth-order valence-electron chi connectivity index (χ4n) is 3.66. The number of hydrogen-bond acceptors (Lipinski definition) is 3. The molecule has 1 aliphatic rings. The summed E-state index contributed by atoms with van der Waals surface area (Å²) in [6.45, 7) is 3.61. The molecule has 3 rings (SSSR count). The summed E-state index contributed by atoms with van der Waals surface area (Å²) >= 11 is 0. The van der Waals surface area contributed by atoms with Gasteiger partial charge in [-0.25, -0.2) is 4.39 Å². The molecule has 2 atom stereocenters. The number of piperazine rings is 1. The van der Waals surface area contributed by atoms with E-state index in [1.807, 2.05) is 35.2 Å². The van der Waals surface area contributed by atoms with Crippen molar-refractivity contribution in [2.24, 2.45) is 0 Å². The second kappa shape index (κ2) is 8.97. The van der Waals surface area contributed by atoms with Gasteiger partial charge in [-0.2, -0.15) is 0 Å². The molecule has 0 bridgehead atoms. The molecule has 1 heterocycles. The molecular formula is C22H26FN3O2. The maximum absolute atomic E-state index is 13.3. The molecule has 2 amide bonds. The summed E-state index contributed by atoms with van der Waals surface area (Å²) in [6, 6.07) is 15.4. The Hall–Kier alpha value is -2.73. The van der Waals surface area contributed by atoms with Crippen LogP contribution in [0, 0.1) is 5.82 Å². The van der Waals surface area contributed by atoms with Crippen LogP contribution in [0.3, 0.4) is 0 Å². The SMILES string of the molecule is CC(=O)N[C@H](CC(=O)N1CCN(C)C[C@@H]1c1ccccc1)c1ccc(F)cc1. The van der Waals surface area contributed by atoms with Crippen LogP contribution in [0.15, 0.2) is 54.6 Å². The number of likely N-dealkylation sites (N-methyl/N-ethyl adjacent to an activating group) is 1. The van der Waals surface area contributed by atoms with Crippen LogP contribution in [-0.4, -0.2) is 48.3 Å². The Balaban J connectivity index is 1.80. The Kier molecular flexibility index (Phi) is 6.41. The van der Waals surface area contributed by atoms with E-state index >= 15 is 0 Å². The molecule has 0 radical (unpaired) electrons. The molecule has 0 spiro atoms. The topological polar surface area (TPSA) is 52.7 Å². The van der Waals surface area contributed by atoms with Crippen LogP contribution < -0.4 is 5.32 Å². The highest BCUT2D eigenvalue weighted by Crippen LogP contribution is 2.27. The molecule has 1 saturated heterocycles. The van der Waals surface area contributed by atoms with Crippen molar-refractivity contribution in [1.82, 2.24) is 15.1 Å². The van der Waals surface area contributed by atoms with Gasteiger partial charge in [0, 0.05) is 26.6 Å². The van der Waals surface area contributed by atoms with Crippen molar-refractivity contribution in [3.05, 3.63) is 71.5 Å². The van der Waals surface area contributed by atoms with Gasteiger partial charge in [0.05, 0.1) is 18.5 Å². The first kappa shape index (κ1) is 20.0. The van der Waals surface area contributed by atoms with Gasteiger partial charge in [-0.3, -0.25) is 9.59 Å². The molecule has 5 nitrogen and oxygen atoms in total. The van der Waals surface area contributed by atoms with E-state index in [0.717, 1.165) is 24.2 Å². The first-order chi connectivity index (χ1) is 13.4. The molecule has 0 saturated carbocycles. The number of carbonyl (C=O) groups is 2. The highest BCUT2D eigenvalue weighted by Gasteiger charge is 2.31. The summed E-state index contributed by atoms with van der Waals surface area (Å²) in [4.78, 5) is 29.0. The standard InChI is InChI=1S/C22H26FN3O2/c1-16(27)24-20(17-8-10-19(23)11-9-17)14-22(28)26-13-12-25(2)15-21(26)18-6-4-3-5-7-18/h3-11,20-21H,12-15H2,1-2H3,(H,24,27)/t20-,21-/m1/s1. The van der Waals surface area contributed by atoms with Gasteiger partial charge in [-0.1, -0.05) is 42.5 Å². The number of nitrogens with zero attached hydrogens (tertiary/aromatic N) is 2. The van der Waals surface area contributed by atoms with Crippen molar-refractivity contribution in [1.29, 1.82) is 0 Å². The van der Waals surface area contributed by atoms with Crippen molar-refractivity contribution in [2.75, 3.05) is 26.7 Å². The predicted octanol–water partition coefficient (Wildman–Crippen LogP) is 2.91. The molecule has 0 aliphatic carbocycles. The minimum atomic E-state index is -0.485. The van der Waals surface area contributed by atoms with Gasteiger partial charge in [0.25, 0.3) is 0 Å². The van der Waals surface area contributed by atoms with Gasteiger partial charge in [-0.15, -0.1) is 0 Å². The lowest BCUT2D eigenvalue weighted by atomic mass is 9.99. The van der Waals surface area contributed by atoms with Gasteiger partial charge >= 0.3 is 0 Å². The number of rotatable bonds is 5. The fraction of sp³-hybridized carbons (Fsp3) is 0.364. The van der Waals surface area contributed by atoms with Gasteiger partial charge in [0.15, 0.2) is 0 Å². The van der Waals surface area contributed by atoms with Crippen molar-refractivity contribution in [2.45, 2.75) is 25.4 Å². The third kappa shape index (κ3) is 4.95. The highest BCUT2D eigenvalue weighted by atomic mass is 19.1. The number of nitrogens with one attached hydrogen (secondary N) is 1. The van der Waals surface area contributed by atoms with Crippen molar-refractivity contribution >= 4 is 11.8 Å². The molecule has 28 heavy (non-hydrogen) atoms. The first-order valence-electron chi connectivity index (χ1n) is 9.49. The zero-order chi connectivity index (χ0) is 20.1. The Morgan fingerprint density at radius 3 is 2.43 bits per heavy atom. The molecule has 0 aromatic heterocycles. The molecule has 148 valence electrons. The quantitative estimate of drug-likeness (QED) is 0.864. The van der Waals surface area contributed by atoms with E-state index in [1.54, 1.807) is 12.1 Å². The van der Waals surface area contributed by atoms with E-state index in [-0.39, 0.29) is 30.1 Å². The predicted molar refractivity (Wildman–Crippen MR) is 106 cm³/mol. The lowest BCUT2D eigenvalue weighted by Gasteiger charge is -2.41. The van der Waals surface area contributed by atoms with Gasteiger partial charge < -0.3 is 15.1 Å². The first-order valence-corrected chi connectivity index (χ1v) is 9.49. The molecule has 1 aliphatic heterocycles. The second-order valence-electron chi connectivity index (χ2n) is 7.28. The molecule has 1 fully saturated rings. The van der Waals surface area contributed by atoms with Crippen LogP contribution in [0.5, 0.6) is 0 Å². The third-order valence-corrected chi connectivity index (χ3v) is 5.12. The summed E-state index contributed by atoms with van der Waals surface area (Å²) < 4.78 is 13.3. The number of amides is 2.